The van der Waals surface area contributed by atoms with Gasteiger partial charge in [-0.3, -0.25) is 9.59 Å². The number of hydrogen-bond acceptors (Lipinski definition) is 2. The Kier molecular flexibility index (Phi) is 5.48. The highest BCUT2D eigenvalue weighted by Gasteiger charge is 2.53. The molecule has 1 aromatic carbocycles. The zero-order valence-electron chi connectivity index (χ0n) is 17.3. The van der Waals surface area contributed by atoms with Crippen LogP contribution in [0.15, 0.2) is 24.3 Å². The van der Waals surface area contributed by atoms with E-state index in [1.807, 2.05) is 24.3 Å². The minimum absolute atomic E-state index is 0.0653. The fourth-order valence-electron chi connectivity index (χ4n) is 6.45. The van der Waals surface area contributed by atoms with Gasteiger partial charge in [-0.05, 0) is 99.2 Å². The third-order valence-electron chi connectivity index (χ3n) is 7.59. The van der Waals surface area contributed by atoms with E-state index in [0.29, 0.717) is 5.69 Å². The number of anilines is 1. The van der Waals surface area contributed by atoms with Crippen molar-refractivity contribution in [2.45, 2.75) is 77.7 Å². The Hall–Kier alpha value is -1.84. The number of carbonyl (C=O) groups excluding carboxylic acids is 2. The first-order valence-corrected chi connectivity index (χ1v) is 11.2. The molecule has 4 aliphatic carbocycles. The van der Waals surface area contributed by atoms with Crippen molar-refractivity contribution in [1.29, 1.82) is 0 Å². The predicted molar refractivity (Wildman–Crippen MR) is 112 cm³/mol. The van der Waals surface area contributed by atoms with Crippen molar-refractivity contribution in [2.75, 3.05) is 5.32 Å². The molecule has 152 valence electrons. The van der Waals surface area contributed by atoms with Crippen LogP contribution in [0, 0.1) is 23.2 Å². The summed E-state index contributed by atoms with van der Waals surface area (Å²) in [5, 5.41) is 5.80. The van der Waals surface area contributed by atoms with E-state index in [9.17, 15) is 9.59 Å². The molecule has 0 saturated heterocycles. The van der Waals surface area contributed by atoms with Crippen LogP contribution in [0.4, 0.5) is 5.69 Å². The van der Waals surface area contributed by atoms with Crippen molar-refractivity contribution in [2.24, 2.45) is 23.2 Å². The molecule has 4 aliphatic rings. The lowest BCUT2D eigenvalue weighted by atomic mass is 9.48. The lowest BCUT2D eigenvalue weighted by Crippen LogP contribution is -2.57. The lowest BCUT2D eigenvalue weighted by Gasteiger charge is -2.59. The van der Waals surface area contributed by atoms with Crippen LogP contribution in [0.2, 0.25) is 0 Å². The Morgan fingerprint density at radius 2 is 1.57 bits per heavy atom. The number of unbranched alkanes of at least 4 members (excludes halogenated alkanes) is 1. The molecule has 4 bridgehead atoms. The van der Waals surface area contributed by atoms with Gasteiger partial charge in [-0.25, -0.2) is 0 Å². The van der Waals surface area contributed by atoms with Crippen LogP contribution in [0.1, 0.15) is 70.8 Å². The Labute approximate surface area is 168 Å². The first-order valence-electron chi connectivity index (χ1n) is 11.2. The zero-order chi connectivity index (χ0) is 19.7. The fourth-order valence-corrected chi connectivity index (χ4v) is 6.45. The van der Waals surface area contributed by atoms with Gasteiger partial charge in [0.1, 0.15) is 0 Å². The fraction of sp³-hybridized carbons (Fsp3) is 0.667. The average Bonchev–Trinajstić information content (AvgIpc) is 2.66. The van der Waals surface area contributed by atoms with E-state index in [-0.39, 0.29) is 11.5 Å². The molecular formula is C24H34N2O2. The minimum Gasteiger partial charge on any atom is -0.345 e. The number of rotatable bonds is 6. The summed E-state index contributed by atoms with van der Waals surface area (Å²) in [4.78, 5) is 24.9. The quantitative estimate of drug-likeness (QED) is 0.701. The summed E-state index contributed by atoms with van der Waals surface area (Å²) >= 11 is 0. The predicted octanol–water partition coefficient (Wildman–Crippen LogP) is 4.69. The molecule has 2 N–H and O–H groups in total. The van der Waals surface area contributed by atoms with E-state index in [1.165, 1.54) is 50.5 Å². The first kappa shape index (κ1) is 19.5. The normalized spacial score (nSPS) is 31.4. The van der Waals surface area contributed by atoms with Gasteiger partial charge in [0.25, 0.3) is 0 Å². The molecule has 28 heavy (non-hydrogen) atoms. The Bertz CT molecular complexity index is 689. The topological polar surface area (TPSA) is 58.2 Å². The third-order valence-corrected chi connectivity index (χ3v) is 7.59. The van der Waals surface area contributed by atoms with Crippen molar-refractivity contribution < 1.29 is 9.59 Å². The maximum atomic E-state index is 12.5. The van der Waals surface area contributed by atoms with Crippen LogP contribution in [0.25, 0.3) is 0 Å². The van der Waals surface area contributed by atoms with Crippen molar-refractivity contribution in [3.63, 3.8) is 0 Å². The standard InChI is InChI=1S/C24H34N2O2/c1-3-4-5-17-6-8-21(9-7-17)26-23(28)22(27)25-16(2)24-13-18-10-19(14-24)12-20(11-18)15-24/h6-9,16,18-20H,3-5,10-15H2,1-2H3,(H,25,27)(H,26,28). The molecule has 1 atom stereocenters. The molecule has 0 radical (unpaired) electrons. The zero-order valence-corrected chi connectivity index (χ0v) is 17.3. The molecule has 4 heteroatoms. The largest absolute Gasteiger partial charge is 0.345 e. The molecule has 1 unspecified atom stereocenters. The smallest absolute Gasteiger partial charge is 0.313 e. The molecule has 4 saturated carbocycles. The summed E-state index contributed by atoms with van der Waals surface area (Å²) in [6, 6.07) is 7.90. The second-order valence-corrected chi connectivity index (χ2v) is 9.73. The molecule has 0 heterocycles. The molecular weight excluding hydrogens is 348 g/mol. The third kappa shape index (κ3) is 3.97. The summed E-state index contributed by atoms with van der Waals surface area (Å²) in [5.41, 5.74) is 2.16. The first-order chi connectivity index (χ1) is 13.5. The monoisotopic (exact) mass is 382 g/mol. The van der Waals surface area contributed by atoms with Crippen LogP contribution in [-0.2, 0) is 16.0 Å². The SMILES string of the molecule is CCCCc1ccc(NC(=O)C(=O)NC(C)C23CC4CC(CC(C4)C2)C3)cc1. The van der Waals surface area contributed by atoms with E-state index in [2.05, 4.69) is 24.5 Å². The van der Waals surface area contributed by atoms with Crippen LogP contribution in [0.3, 0.4) is 0 Å². The van der Waals surface area contributed by atoms with E-state index < -0.39 is 11.8 Å². The van der Waals surface area contributed by atoms with Crippen molar-refractivity contribution in [3.05, 3.63) is 29.8 Å². The molecule has 5 rings (SSSR count). The number of amides is 2. The number of carbonyl (C=O) groups is 2. The number of hydrogen-bond donors (Lipinski definition) is 2. The summed E-state index contributed by atoms with van der Waals surface area (Å²) < 4.78 is 0. The molecule has 4 nitrogen and oxygen atoms in total. The summed E-state index contributed by atoms with van der Waals surface area (Å²) in [5.74, 6) is 1.46. The number of nitrogens with one attached hydrogen (secondary N) is 2. The molecule has 2 amide bonds. The maximum absolute atomic E-state index is 12.5. The van der Waals surface area contributed by atoms with Gasteiger partial charge in [0.2, 0.25) is 0 Å². The molecule has 0 spiro atoms. The van der Waals surface area contributed by atoms with Gasteiger partial charge in [0.15, 0.2) is 0 Å². The minimum atomic E-state index is -0.558. The van der Waals surface area contributed by atoms with Gasteiger partial charge in [-0.15, -0.1) is 0 Å². The van der Waals surface area contributed by atoms with Crippen LogP contribution < -0.4 is 10.6 Å². The van der Waals surface area contributed by atoms with Crippen LogP contribution in [0.5, 0.6) is 0 Å². The second-order valence-electron chi connectivity index (χ2n) is 9.73. The van der Waals surface area contributed by atoms with Crippen LogP contribution in [-0.4, -0.2) is 17.9 Å². The highest BCUT2D eigenvalue weighted by atomic mass is 16.2. The molecule has 0 aliphatic heterocycles. The van der Waals surface area contributed by atoms with Crippen molar-refractivity contribution in [3.8, 4) is 0 Å². The average molecular weight is 383 g/mol. The summed E-state index contributed by atoms with van der Waals surface area (Å²) in [6.45, 7) is 4.29. The van der Waals surface area contributed by atoms with Gasteiger partial charge in [-0.1, -0.05) is 25.5 Å². The summed E-state index contributed by atoms with van der Waals surface area (Å²) in [6.07, 6.45) is 11.2. The van der Waals surface area contributed by atoms with E-state index in [0.717, 1.165) is 30.6 Å². The maximum Gasteiger partial charge on any atom is 0.313 e. The van der Waals surface area contributed by atoms with Crippen LogP contribution >= 0.6 is 0 Å². The molecule has 1 aromatic rings. The van der Waals surface area contributed by atoms with Gasteiger partial charge < -0.3 is 10.6 Å². The van der Waals surface area contributed by atoms with Gasteiger partial charge in [0, 0.05) is 11.7 Å². The Balaban J connectivity index is 1.32. The van der Waals surface area contributed by atoms with E-state index in [1.54, 1.807) is 0 Å². The lowest BCUT2D eigenvalue weighted by molar-refractivity contribution is -0.138. The van der Waals surface area contributed by atoms with Gasteiger partial charge >= 0.3 is 11.8 Å². The van der Waals surface area contributed by atoms with E-state index in [4.69, 9.17) is 0 Å². The Morgan fingerprint density at radius 1 is 1.00 bits per heavy atom. The van der Waals surface area contributed by atoms with Gasteiger partial charge in [-0.2, -0.15) is 0 Å². The Morgan fingerprint density at radius 3 is 2.11 bits per heavy atom. The van der Waals surface area contributed by atoms with E-state index >= 15 is 0 Å². The molecule has 4 fully saturated rings. The van der Waals surface area contributed by atoms with Gasteiger partial charge in [0.05, 0.1) is 0 Å². The highest BCUT2D eigenvalue weighted by Crippen LogP contribution is 2.61. The van der Waals surface area contributed by atoms with Crippen molar-refractivity contribution in [1.82, 2.24) is 5.32 Å². The summed E-state index contributed by atoms with van der Waals surface area (Å²) in [7, 11) is 0. The highest BCUT2D eigenvalue weighted by molar-refractivity contribution is 6.39. The van der Waals surface area contributed by atoms with Crippen molar-refractivity contribution >= 4 is 17.5 Å². The molecule has 0 aromatic heterocycles. The number of aryl methyl sites for hydroxylation is 1. The number of benzene rings is 1. The second kappa shape index (κ2) is 7.88.